The lowest BCUT2D eigenvalue weighted by Crippen LogP contribution is -2.24. The predicted octanol–water partition coefficient (Wildman–Crippen LogP) is 3.04. The number of carbonyl (C=O) groups excluding carboxylic acids is 1. The molecule has 0 amide bonds. The van der Waals surface area contributed by atoms with Crippen LogP contribution >= 0.6 is 11.8 Å². The number of esters is 1. The lowest BCUT2D eigenvalue weighted by atomic mass is 10.1. The molecule has 0 saturated carbocycles. The van der Waals surface area contributed by atoms with Gasteiger partial charge in [-0.15, -0.1) is 0 Å². The number of hydrogen-bond acceptors (Lipinski definition) is 6. The van der Waals surface area contributed by atoms with Gasteiger partial charge in [-0.05, 0) is 30.2 Å². The monoisotopic (exact) mass is 379 g/mol. The van der Waals surface area contributed by atoms with Gasteiger partial charge in [-0.25, -0.2) is 9.78 Å². The van der Waals surface area contributed by atoms with Crippen LogP contribution in [0.2, 0.25) is 0 Å². The quantitative estimate of drug-likeness (QED) is 0.372. The number of nitriles is 1. The summed E-state index contributed by atoms with van der Waals surface area (Å²) in [5.41, 5.74) is 1.67. The van der Waals surface area contributed by atoms with Crippen molar-refractivity contribution in [2.75, 3.05) is 12.9 Å². The van der Waals surface area contributed by atoms with Gasteiger partial charge in [0, 0.05) is 6.54 Å². The Balaban J connectivity index is 2.04. The number of benzene rings is 2. The number of nitrogens with zero attached hydrogens (tertiary/aromatic N) is 3. The van der Waals surface area contributed by atoms with Crippen LogP contribution in [0, 0.1) is 11.3 Å². The van der Waals surface area contributed by atoms with E-state index in [2.05, 4.69) is 11.1 Å². The first-order valence-electron chi connectivity index (χ1n) is 8.30. The first-order chi connectivity index (χ1) is 13.1. The molecule has 0 unspecified atom stereocenters. The zero-order valence-corrected chi connectivity index (χ0v) is 15.5. The zero-order chi connectivity index (χ0) is 19.2. The Bertz CT molecular complexity index is 1070. The summed E-state index contributed by atoms with van der Waals surface area (Å²) in [7, 11) is 1.30. The maximum absolute atomic E-state index is 13.0. The summed E-state index contributed by atoms with van der Waals surface area (Å²) in [6.45, 7) is 0.457. The number of aromatic nitrogens is 2. The molecule has 6 nitrogen and oxygen atoms in total. The number of rotatable bonds is 6. The van der Waals surface area contributed by atoms with Crippen molar-refractivity contribution in [2.45, 2.75) is 18.1 Å². The summed E-state index contributed by atoms with van der Waals surface area (Å²) in [5.74, 6) is -0.307. The third kappa shape index (κ3) is 4.18. The van der Waals surface area contributed by atoms with Crippen molar-refractivity contribution >= 4 is 28.6 Å². The summed E-state index contributed by atoms with van der Waals surface area (Å²) in [6, 6.07) is 16.6. The fourth-order valence-corrected chi connectivity index (χ4v) is 3.42. The van der Waals surface area contributed by atoms with Crippen LogP contribution in [0.15, 0.2) is 58.5 Å². The number of aryl methyl sites for hydroxylation is 1. The number of methoxy groups -OCH3 is 1. The zero-order valence-electron chi connectivity index (χ0n) is 14.7. The van der Waals surface area contributed by atoms with E-state index in [0.717, 1.165) is 5.56 Å². The van der Waals surface area contributed by atoms with Gasteiger partial charge in [0.15, 0.2) is 5.16 Å². The van der Waals surface area contributed by atoms with Gasteiger partial charge in [0.2, 0.25) is 0 Å². The van der Waals surface area contributed by atoms with E-state index in [0.29, 0.717) is 34.6 Å². The number of carbonyl (C=O) groups is 1. The highest BCUT2D eigenvalue weighted by Gasteiger charge is 2.14. The Kier molecular flexibility index (Phi) is 5.89. The molecule has 1 heterocycles. The highest BCUT2D eigenvalue weighted by molar-refractivity contribution is 7.99. The van der Waals surface area contributed by atoms with E-state index in [1.54, 1.807) is 22.8 Å². The Hall–Kier alpha value is -3.11. The number of thioether (sulfide) groups is 1. The fourth-order valence-electron chi connectivity index (χ4n) is 2.74. The van der Waals surface area contributed by atoms with Crippen LogP contribution in [-0.2, 0) is 17.7 Å². The molecular weight excluding hydrogens is 362 g/mol. The van der Waals surface area contributed by atoms with Crippen LogP contribution < -0.4 is 5.56 Å². The van der Waals surface area contributed by atoms with E-state index in [1.807, 2.05) is 30.3 Å². The Morgan fingerprint density at radius 3 is 2.74 bits per heavy atom. The Morgan fingerprint density at radius 2 is 2.04 bits per heavy atom. The minimum Gasteiger partial charge on any atom is -0.465 e. The molecule has 0 atom stereocenters. The van der Waals surface area contributed by atoms with E-state index < -0.39 is 5.97 Å². The molecule has 0 spiro atoms. The molecular formula is C20H17N3O3S. The molecule has 0 aliphatic heterocycles. The highest BCUT2D eigenvalue weighted by Crippen LogP contribution is 2.19. The molecule has 0 aliphatic carbocycles. The first kappa shape index (κ1) is 18.7. The molecule has 1 aromatic heterocycles. The van der Waals surface area contributed by atoms with E-state index in [9.17, 15) is 9.59 Å². The molecule has 2 aromatic carbocycles. The average molecular weight is 379 g/mol. The minimum absolute atomic E-state index is 0.181. The summed E-state index contributed by atoms with van der Waals surface area (Å²) >= 11 is 1.21. The van der Waals surface area contributed by atoms with Gasteiger partial charge in [-0.2, -0.15) is 5.26 Å². The van der Waals surface area contributed by atoms with Crippen molar-refractivity contribution in [3.8, 4) is 6.07 Å². The minimum atomic E-state index is -0.488. The van der Waals surface area contributed by atoms with Gasteiger partial charge >= 0.3 is 5.97 Å². The smallest absolute Gasteiger partial charge is 0.337 e. The molecule has 3 rings (SSSR count). The van der Waals surface area contributed by atoms with E-state index in [1.165, 1.54) is 18.9 Å². The molecule has 136 valence electrons. The summed E-state index contributed by atoms with van der Waals surface area (Å²) < 4.78 is 6.32. The van der Waals surface area contributed by atoms with Gasteiger partial charge in [0.25, 0.3) is 5.56 Å². The highest BCUT2D eigenvalue weighted by atomic mass is 32.2. The summed E-state index contributed by atoms with van der Waals surface area (Å²) in [6.07, 6.45) is 0.675. The van der Waals surface area contributed by atoms with Crippen LogP contribution in [0.3, 0.4) is 0 Å². The second kappa shape index (κ2) is 8.52. The molecule has 0 saturated heterocycles. The van der Waals surface area contributed by atoms with Gasteiger partial charge in [-0.1, -0.05) is 42.1 Å². The third-order valence-electron chi connectivity index (χ3n) is 4.07. The molecule has 0 radical (unpaired) electrons. The van der Waals surface area contributed by atoms with Crippen molar-refractivity contribution in [1.82, 2.24) is 9.55 Å². The molecule has 0 N–H and O–H groups in total. The number of fused-ring (bicyclic) bond motifs is 1. The molecule has 7 heteroatoms. The van der Waals surface area contributed by atoms with Crippen LogP contribution in [0.25, 0.3) is 10.9 Å². The maximum Gasteiger partial charge on any atom is 0.337 e. The van der Waals surface area contributed by atoms with Crippen LogP contribution in [0.4, 0.5) is 0 Å². The Morgan fingerprint density at radius 1 is 1.26 bits per heavy atom. The third-order valence-corrected chi connectivity index (χ3v) is 4.92. The summed E-state index contributed by atoms with van der Waals surface area (Å²) in [5, 5.41) is 9.80. The van der Waals surface area contributed by atoms with Crippen molar-refractivity contribution in [3.05, 3.63) is 70.0 Å². The van der Waals surface area contributed by atoms with Crippen molar-refractivity contribution in [2.24, 2.45) is 0 Å². The normalized spacial score (nSPS) is 10.5. The van der Waals surface area contributed by atoms with Gasteiger partial charge in [0.1, 0.15) is 0 Å². The molecule has 3 aromatic rings. The standard InChI is InChI=1S/C20H17N3O3S/c1-26-19(25)15-7-8-16-17(13-15)22-20(27-12-10-21)23(18(16)24)11-9-14-5-3-2-4-6-14/h2-8,13H,9,11-12H2,1H3. The number of hydrogen-bond donors (Lipinski definition) is 0. The van der Waals surface area contributed by atoms with Crippen molar-refractivity contribution in [3.63, 3.8) is 0 Å². The van der Waals surface area contributed by atoms with Crippen LogP contribution in [0.5, 0.6) is 0 Å². The van der Waals surface area contributed by atoms with Gasteiger partial charge < -0.3 is 4.74 Å². The van der Waals surface area contributed by atoms with E-state index in [-0.39, 0.29) is 11.3 Å². The molecule has 0 aliphatic rings. The Labute approximate surface area is 160 Å². The maximum atomic E-state index is 13.0. The van der Waals surface area contributed by atoms with Crippen molar-refractivity contribution in [1.29, 1.82) is 5.26 Å². The van der Waals surface area contributed by atoms with E-state index in [4.69, 9.17) is 10.00 Å². The molecule has 0 fully saturated rings. The topological polar surface area (TPSA) is 85.0 Å². The van der Waals surface area contributed by atoms with Crippen molar-refractivity contribution < 1.29 is 9.53 Å². The van der Waals surface area contributed by atoms with Gasteiger partial charge in [-0.3, -0.25) is 9.36 Å². The van der Waals surface area contributed by atoms with Gasteiger partial charge in [0.05, 0.1) is 35.4 Å². The van der Waals surface area contributed by atoms with Crippen LogP contribution in [0.1, 0.15) is 15.9 Å². The van der Waals surface area contributed by atoms with Crippen LogP contribution in [-0.4, -0.2) is 28.4 Å². The first-order valence-corrected chi connectivity index (χ1v) is 9.29. The molecule has 0 bridgehead atoms. The molecule has 27 heavy (non-hydrogen) atoms. The predicted molar refractivity (Wildman–Crippen MR) is 104 cm³/mol. The lowest BCUT2D eigenvalue weighted by Gasteiger charge is -2.13. The largest absolute Gasteiger partial charge is 0.465 e. The lowest BCUT2D eigenvalue weighted by molar-refractivity contribution is 0.0601. The summed E-state index contributed by atoms with van der Waals surface area (Å²) in [4.78, 5) is 29.3. The average Bonchev–Trinajstić information content (AvgIpc) is 2.71. The second-order valence-corrected chi connectivity index (χ2v) is 6.70. The number of ether oxygens (including phenoxy) is 1. The second-order valence-electron chi connectivity index (χ2n) is 5.76. The van der Waals surface area contributed by atoms with E-state index >= 15 is 0 Å². The SMILES string of the molecule is COC(=O)c1ccc2c(=O)n(CCc3ccccc3)c(SCC#N)nc2c1. The fraction of sp³-hybridized carbons (Fsp3) is 0.200.